The Bertz CT molecular complexity index is 999. The third-order valence-corrected chi connectivity index (χ3v) is 10.8. The summed E-state index contributed by atoms with van der Waals surface area (Å²) in [6.07, 6.45) is 0.356. The topological polar surface area (TPSA) is 124 Å². The zero-order valence-electron chi connectivity index (χ0n) is 14.9. The molecule has 152 valence electrons. The van der Waals surface area contributed by atoms with Crippen LogP contribution in [0.3, 0.4) is 0 Å². The summed E-state index contributed by atoms with van der Waals surface area (Å²) in [4.78, 5) is 0.0268. The molecular formula is C16H23NO7S3. The van der Waals surface area contributed by atoms with E-state index >= 15 is 0 Å². The highest BCUT2D eigenvalue weighted by molar-refractivity contribution is 7.96. The first kappa shape index (κ1) is 20.6. The van der Waals surface area contributed by atoms with Gasteiger partial charge in [0.2, 0.25) is 0 Å². The highest BCUT2D eigenvalue weighted by Gasteiger charge is 2.47. The minimum atomic E-state index is -3.91. The van der Waals surface area contributed by atoms with Crippen LogP contribution >= 0.6 is 0 Å². The molecule has 8 nitrogen and oxygen atoms in total. The molecule has 2 aliphatic rings. The van der Waals surface area contributed by atoms with E-state index in [-0.39, 0.29) is 22.2 Å². The minimum Gasteiger partial charge on any atom is -0.494 e. The molecule has 0 aromatic heterocycles. The molecule has 0 spiro atoms. The molecule has 0 aliphatic carbocycles. The van der Waals surface area contributed by atoms with Gasteiger partial charge in [-0.15, -0.1) is 0 Å². The van der Waals surface area contributed by atoms with Crippen LogP contribution in [0, 0.1) is 0 Å². The lowest BCUT2D eigenvalue weighted by atomic mass is 10.2. The fourth-order valence-corrected chi connectivity index (χ4v) is 9.94. The van der Waals surface area contributed by atoms with Gasteiger partial charge in [0.05, 0.1) is 39.8 Å². The second-order valence-electron chi connectivity index (χ2n) is 6.94. The first-order valence-corrected chi connectivity index (χ1v) is 13.8. The summed E-state index contributed by atoms with van der Waals surface area (Å²) in [5.74, 6) is -0.328. The maximum absolute atomic E-state index is 13.0. The molecule has 1 aromatic rings. The Morgan fingerprint density at radius 3 is 2.26 bits per heavy atom. The van der Waals surface area contributed by atoms with Gasteiger partial charge in [0.1, 0.15) is 5.75 Å². The van der Waals surface area contributed by atoms with E-state index < -0.39 is 52.6 Å². The van der Waals surface area contributed by atoms with E-state index in [4.69, 9.17) is 4.74 Å². The van der Waals surface area contributed by atoms with Gasteiger partial charge in [-0.3, -0.25) is 0 Å². The van der Waals surface area contributed by atoms with Crippen molar-refractivity contribution in [1.82, 2.24) is 5.32 Å². The lowest BCUT2D eigenvalue weighted by molar-refractivity contribution is 0.340. The van der Waals surface area contributed by atoms with Gasteiger partial charge in [-0.05, 0) is 37.6 Å². The molecule has 27 heavy (non-hydrogen) atoms. The summed E-state index contributed by atoms with van der Waals surface area (Å²) in [6.45, 7) is 2.26. The molecule has 2 heterocycles. The lowest BCUT2D eigenvalue weighted by Gasteiger charge is -2.23. The average molecular weight is 438 g/mol. The van der Waals surface area contributed by atoms with Crippen molar-refractivity contribution in [3.8, 4) is 5.75 Å². The predicted molar refractivity (Wildman–Crippen MR) is 101 cm³/mol. The third-order valence-electron chi connectivity index (χ3n) is 4.84. The summed E-state index contributed by atoms with van der Waals surface area (Å²) in [7, 11) is -10.6. The molecule has 1 N–H and O–H groups in total. The molecule has 11 heteroatoms. The predicted octanol–water partition coefficient (Wildman–Crippen LogP) is -0.199. The first-order valence-electron chi connectivity index (χ1n) is 8.66. The number of nitrogens with one attached hydrogen (secondary N) is 1. The number of hydrogen-bond acceptors (Lipinski definition) is 8. The van der Waals surface area contributed by atoms with Crippen molar-refractivity contribution in [1.29, 1.82) is 0 Å². The molecule has 3 atom stereocenters. The number of benzene rings is 1. The summed E-state index contributed by atoms with van der Waals surface area (Å²) >= 11 is 0. The van der Waals surface area contributed by atoms with Crippen molar-refractivity contribution in [3.05, 3.63) is 24.3 Å². The van der Waals surface area contributed by atoms with Crippen molar-refractivity contribution < 1.29 is 30.0 Å². The Morgan fingerprint density at radius 2 is 1.70 bits per heavy atom. The molecule has 0 bridgehead atoms. The number of ether oxygens (including phenoxy) is 1. The third kappa shape index (κ3) is 4.64. The maximum Gasteiger partial charge on any atom is 0.183 e. The van der Waals surface area contributed by atoms with Gasteiger partial charge >= 0.3 is 0 Å². The van der Waals surface area contributed by atoms with E-state index in [0.717, 1.165) is 0 Å². The Balaban J connectivity index is 1.84. The Labute approximate surface area is 160 Å². The maximum atomic E-state index is 13.0. The summed E-state index contributed by atoms with van der Waals surface area (Å²) in [5.41, 5.74) is 0. The number of hydrogen-bond donors (Lipinski definition) is 1. The van der Waals surface area contributed by atoms with Crippen LogP contribution in [0.15, 0.2) is 29.2 Å². The number of rotatable bonds is 6. The first-order chi connectivity index (χ1) is 12.5. The van der Waals surface area contributed by atoms with Crippen molar-refractivity contribution in [3.63, 3.8) is 0 Å². The fraction of sp³-hybridized carbons (Fsp3) is 0.625. The highest BCUT2D eigenvalue weighted by Crippen LogP contribution is 2.28. The molecule has 2 saturated heterocycles. The van der Waals surface area contributed by atoms with Crippen LogP contribution in [-0.4, -0.2) is 72.2 Å². The second kappa shape index (κ2) is 7.34. The van der Waals surface area contributed by atoms with Crippen LogP contribution in [-0.2, 0) is 29.5 Å². The van der Waals surface area contributed by atoms with Gasteiger partial charge in [-0.1, -0.05) is 0 Å². The van der Waals surface area contributed by atoms with Crippen LogP contribution in [0.4, 0.5) is 0 Å². The van der Waals surface area contributed by atoms with Gasteiger partial charge in [0.25, 0.3) is 0 Å². The van der Waals surface area contributed by atoms with Crippen molar-refractivity contribution in [2.75, 3.05) is 29.6 Å². The molecule has 0 radical (unpaired) electrons. The standard InChI is InChI=1S/C16H23NO7S3/c1-2-24-13-3-5-14(6-4-13)27(22,23)16-11-26(20,21)10-15(16)17-12-7-8-25(18,19)9-12/h3-6,12,15-17H,2,7-11H2,1H3/t12?,15-,16-/m0/s1. The van der Waals surface area contributed by atoms with Crippen LogP contribution in [0.25, 0.3) is 0 Å². The van der Waals surface area contributed by atoms with Crippen molar-refractivity contribution in [2.24, 2.45) is 0 Å². The SMILES string of the molecule is CCOc1ccc(S(=O)(=O)[C@H]2CS(=O)(=O)C[C@@H]2NC2CCS(=O)(=O)C2)cc1. The molecule has 2 aliphatic heterocycles. The van der Waals surface area contributed by atoms with Crippen molar-refractivity contribution in [2.45, 2.75) is 35.6 Å². The van der Waals surface area contributed by atoms with Crippen LogP contribution in [0.1, 0.15) is 13.3 Å². The zero-order chi connectivity index (χ0) is 19.9. The zero-order valence-corrected chi connectivity index (χ0v) is 17.3. The lowest BCUT2D eigenvalue weighted by Crippen LogP contribution is -2.48. The van der Waals surface area contributed by atoms with Crippen LogP contribution < -0.4 is 10.1 Å². The molecule has 1 aromatic carbocycles. The molecule has 3 rings (SSSR count). The molecule has 0 amide bonds. The Kier molecular flexibility index (Phi) is 5.59. The van der Waals surface area contributed by atoms with Crippen molar-refractivity contribution >= 4 is 29.5 Å². The van der Waals surface area contributed by atoms with E-state index in [9.17, 15) is 25.3 Å². The Hall–Kier alpha value is -1.17. The van der Waals surface area contributed by atoms with E-state index in [0.29, 0.717) is 18.8 Å². The average Bonchev–Trinajstić information content (AvgIpc) is 3.07. The quantitative estimate of drug-likeness (QED) is 0.649. The second-order valence-corrected chi connectivity index (χ2v) is 13.5. The highest BCUT2D eigenvalue weighted by atomic mass is 32.2. The fourth-order valence-electron chi connectivity index (χ4n) is 3.57. The normalized spacial score (nSPS) is 29.6. The smallest absolute Gasteiger partial charge is 0.183 e. The molecule has 2 fully saturated rings. The van der Waals surface area contributed by atoms with Gasteiger partial charge in [0, 0.05) is 12.1 Å². The molecular weight excluding hydrogens is 414 g/mol. The summed E-state index contributed by atoms with van der Waals surface area (Å²) in [5, 5.41) is 1.84. The van der Waals surface area contributed by atoms with Gasteiger partial charge in [-0.25, -0.2) is 25.3 Å². The van der Waals surface area contributed by atoms with Crippen LogP contribution in [0.2, 0.25) is 0 Å². The molecule has 1 unspecified atom stereocenters. The number of sulfone groups is 3. The molecule has 0 saturated carbocycles. The van der Waals surface area contributed by atoms with Gasteiger partial charge in [0.15, 0.2) is 29.5 Å². The van der Waals surface area contributed by atoms with E-state index in [1.54, 1.807) is 0 Å². The van der Waals surface area contributed by atoms with Gasteiger partial charge in [-0.2, -0.15) is 0 Å². The van der Waals surface area contributed by atoms with E-state index in [2.05, 4.69) is 5.32 Å². The monoisotopic (exact) mass is 437 g/mol. The Morgan fingerprint density at radius 1 is 1.04 bits per heavy atom. The van der Waals surface area contributed by atoms with E-state index in [1.807, 2.05) is 6.92 Å². The largest absolute Gasteiger partial charge is 0.494 e. The minimum absolute atomic E-state index is 0.0268. The van der Waals surface area contributed by atoms with Crippen LogP contribution in [0.5, 0.6) is 5.75 Å². The van der Waals surface area contributed by atoms with Gasteiger partial charge < -0.3 is 10.1 Å². The summed E-state index contributed by atoms with van der Waals surface area (Å²) < 4.78 is 78.9. The van der Waals surface area contributed by atoms with E-state index in [1.165, 1.54) is 24.3 Å². The summed E-state index contributed by atoms with van der Waals surface area (Å²) in [6, 6.07) is 4.62.